The largest absolute Gasteiger partial charge is 0.345 e. The monoisotopic (exact) mass is 208 g/mol. The summed E-state index contributed by atoms with van der Waals surface area (Å²) in [6.45, 7) is 2.69. The molecule has 3 nitrogen and oxygen atoms in total. The number of hydrogen-bond donors (Lipinski definition) is 0. The van der Waals surface area contributed by atoms with E-state index < -0.39 is 5.92 Å². The number of nitrogens with zero attached hydrogens (tertiary/aromatic N) is 2. The Bertz CT molecular complexity index is 253. The van der Waals surface area contributed by atoms with E-state index >= 15 is 0 Å². The van der Waals surface area contributed by atoms with Crippen LogP contribution in [0.1, 0.15) is 39.0 Å². The Morgan fingerprint density at radius 3 is 2.67 bits per heavy atom. The van der Waals surface area contributed by atoms with E-state index in [0.717, 1.165) is 18.9 Å². The molecule has 0 aromatic carbocycles. The predicted molar refractivity (Wildman–Crippen MR) is 59.0 cm³/mol. The van der Waals surface area contributed by atoms with Crippen molar-refractivity contribution in [3.8, 4) is 6.07 Å². The third-order valence-corrected chi connectivity index (χ3v) is 3.34. The summed E-state index contributed by atoms with van der Waals surface area (Å²) in [4.78, 5) is 13.4. The second-order valence-corrected chi connectivity index (χ2v) is 4.44. The van der Waals surface area contributed by atoms with E-state index in [1.54, 1.807) is 11.9 Å². The van der Waals surface area contributed by atoms with Crippen LogP contribution in [0.2, 0.25) is 0 Å². The fourth-order valence-electron chi connectivity index (χ4n) is 1.86. The molecule has 1 fully saturated rings. The molecule has 3 heteroatoms. The van der Waals surface area contributed by atoms with Crippen LogP contribution in [-0.4, -0.2) is 24.4 Å². The summed E-state index contributed by atoms with van der Waals surface area (Å²) in [6, 6.07) is 2.06. The van der Waals surface area contributed by atoms with Gasteiger partial charge in [-0.05, 0) is 18.8 Å². The minimum Gasteiger partial charge on any atom is -0.345 e. The minimum atomic E-state index is -0.448. The molecule has 1 amide bonds. The summed E-state index contributed by atoms with van der Waals surface area (Å²) in [6.07, 6.45) is 5.69. The molecule has 1 aliphatic rings. The van der Waals surface area contributed by atoms with Crippen molar-refractivity contribution in [2.24, 2.45) is 11.8 Å². The first-order valence-electron chi connectivity index (χ1n) is 5.83. The van der Waals surface area contributed by atoms with Crippen LogP contribution >= 0.6 is 0 Å². The smallest absolute Gasteiger partial charge is 0.239 e. The van der Waals surface area contributed by atoms with E-state index in [-0.39, 0.29) is 5.91 Å². The van der Waals surface area contributed by atoms with Crippen LogP contribution in [0.4, 0.5) is 0 Å². The molecule has 0 heterocycles. The highest BCUT2D eigenvalue weighted by Gasteiger charge is 2.22. The molecular formula is C12H20N2O. The van der Waals surface area contributed by atoms with Gasteiger partial charge in [0.2, 0.25) is 5.91 Å². The molecular weight excluding hydrogens is 188 g/mol. The molecule has 0 aliphatic heterocycles. The zero-order valence-corrected chi connectivity index (χ0v) is 9.70. The van der Waals surface area contributed by atoms with Crippen molar-refractivity contribution in [2.45, 2.75) is 39.0 Å². The molecule has 0 aromatic heterocycles. The van der Waals surface area contributed by atoms with Crippen molar-refractivity contribution >= 4 is 5.91 Å². The molecule has 1 unspecified atom stereocenters. The quantitative estimate of drug-likeness (QED) is 0.695. The maximum Gasteiger partial charge on any atom is 0.239 e. The molecule has 1 aliphatic carbocycles. The van der Waals surface area contributed by atoms with E-state index in [1.807, 2.05) is 6.92 Å². The predicted octanol–water partition coefficient (Wildman–Crippen LogP) is 2.18. The number of hydrogen-bond acceptors (Lipinski definition) is 2. The highest BCUT2D eigenvalue weighted by atomic mass is 16.2. The van der Waals surface area contributed by atoms with Gasteiger partial charge < -0.3 is 4.90 Å². The SMILES string of the molecule is CCC(C#N)C(=O)N(C)CCC1CCC1. The summed E-state index contributed by atoms with van der Waals surface area (Å²) in [7, 11) is 1.81. The summed E-state index contributed by atoms with van der Waals surface area (Å²) in [5.74, 6) is 0.359. The summed E-state index contributed by atoms with van der Waals surface area (Å²) in [5, 5.41) is 8.78. The third-order valence-electron chi connectivity index (χ3n) is 3.34. The third kappa shape index (κ3) is 3.23. The second kappa shape index (κ2) is 5.75. The van der Waals surface area contributed by atoms with Crippen LogP contribution < -0.4 is 0 Å². The van der Waals surface area contributed by atoms with Gasteiger partial charge in [0.25, 0.3) is 0 Å². The number of carbonyl (C=O) groups is 1. The second-order valence-electron chi connectivity index (χ2n) is 4.44. The first kappa shape index (κ1) is 12.0. The van der Waals surface area contributed by atoms with Gasteiger partial charge in [-0.1, -0.05) is 26.2 Å². The Hall–Kier alpha value is -1.04. The summed E-state index contributed by atoms with van der Waals surface area (Å²) in [5.41, 5.74) is 0. The van der Waals surface area contributed by atoms with Crippen LogP contribution in [-0.2, 0) is 4.79 Å². The van der Waals surface area contributed by atoms with Crippen molar-refractivity contribution in [3.05, 3.63) is 0 Å². The molecule has 0 radical (unpaired) electrons. The van der Waals surface area contributed by atoms with Gasteiger partial charge in [-0.2, -0.15) is 5.26 Å². The normalized spacial score (nSPS) is 17.7. The highest BCUT2D eigenvalue weighted by Crippen LogP contribution is 2.29. The van der Waals surface area contributed by atoms with E-state index in [9.17, 15) is 4.79 Å². The molecule has 0 aromatic rings. The van der Waals surface area contributed by atoms with Gasteiger partial charge in [-0.3, -0.25) is 4.79 Å². The van der Waals surface area contributed by atoms with E-state index in [0.29, 0.717) is 6.42 Å². The van der Waals surface area contributed by atoms with Gasteiger partial charge in [0.05, 0.1) is 6.07 Å². The highest BCUT2D eigenvalue weighted by molar-refractivity contribution is 5.80. The maximum atomic E-state index is 11.7. The molecule has 0 saturated heterocycles. The lowest BCUT2D eigenvalue weighted by molar-refractivity contribution is -0.132. The number of nitriles is 1. The van der Waals surface area contributed by atoms with Gasteiger partial charge in [-0.25, -0.2) is 0 Å². The average Bonchev–Trinajstić information content (AvgIpc) is 2.16. The van der Waals surface area contributed by atoms with Crippen molar-refractivity contribution in [1.82, 2.24) is 4.90 Å². The fraction of sp³-hybridized carbons (Fsp3) is 0.833. The Morgan fingerprint density at radius 2 is 2.27 bits per heavy atom. The van der Waals surface area contributed by atoms with E-state index in [1.165, 1.54) is 19.3 Å². The Morgan fingerprint density at radius 1 is 1.60 bits per heavy atom. The zero-order valence-electron chi connectivity index (χ0n) is 9.70. The Kier molecular flexibility index (Phi) is 4.61. The first-order chi connectivity index (χ1) is 7.19. The van der Waals surface area contributed by atoms with Crippen LogP contribution in [0, 0.1) is 23.2 Å². The lowest BCUT2D eigenvalue weighted by atomic mass is 9.83. The number of rotatable bonds is 5. The average molecular weight is 208 g/mol. The van der Waals surface area contributed by atoms with Crippen LogP contribution in [0.15, 0.2) is 0 Å². The maximum absolute atomic E-state index is 11.7. The first-order valence-corrected chi connectivity index (χ1v) is 5.83. The number of amides is 1. The zero-order chi connectivity index (χ0) is 11.3. The Labute approximate surface area is 92.1 Å². The lowest BCUT2D eigenvalue weighted by Crippen LogP contribution is -2.34. The van der Waals surface area contributed by atoms with Crippen molar-refractivity contribution in [1.29, 1.82) is 5.26 Å². The molecule has 15 heavy (non-hydrogen) atoms. The van der Waals surface area contributed by atoms with Gasteiger partial charge >= 0.3 is 0 Å². The van der Waals surface area contributed by atoms with Crippen LogP contribution in [0.3, 0.4) is 0 Å². The molecule has 1 rings (SSSR count). The van der Waals surface area contributed by atoms with Crippen molar-refractivity contribution in [3.63, 3.8) is 0 Å². The van der Waals surface area contributed by atoms with Gasteiger partial charge in [0.1, 0.15) is 5.92 Å². The molecule has 0 bridgehead atoms. The van der Waals surface area contributed by atoms with Gasteiger partial charge in [0.15, 0.2) is 0 Å². The van der Waals surface area contributed by atoms with Gasteiger partial charge in [-0.15, -0.1) is 0 Å². The minimum absolute atomic E-state index is 0.0145. The molecule has 0 N–H and O–H groups in total. The van der Waals surface area contributed by atoms with Crippen molar-refractivity contribution < 1.29 is 4.79 Å². The lowest BCUT2D eigenvalue weighted by Gasteiger charge is -2.28. The molecule has 1 atom stereocenters. The molecule has 0 spiro atoms. The molecule has 84 valence electrons. The van der Waals surface area contributed by atoms with E-state index in [4.69, 9.17) is 5.26 Å². The Balaban J connectivity index is 2.28. The summed E-state index contributed by atoms with van der Waals surface area (Å²) < 4.78 is 0. The summed E-state index contributed by atoms with van der Waals surface area (Å²) >= 11 is 0. The number of carbonyl (C=O) groups excluding carboxylic acids is 1. The van der Waals surface area contributed by atoms with Crippen molar-refractivity contribution in [2.75, 3.05) is 13.6 Å². The molecule has 1 saturated carbocycles. The fourth-order valence-corrected chi connectivity index (χ4v) is 1.86. The van der Waals surface area contributed by atoms with Crippen LogP contribution in [0.25, 0.3) is 0 Å². The standard InChI is InChI=1S/C12H20N2O/c1-3-11(9-13)12(15)14(2)8-7-10-5-4-6-10/h10-11H,3-8H2,1-2H3. The van der Waals surface area contributed by atoms with Crippen LogP contribution in [0.5, 0.6) is 0 Å². The van der Waals surface area contributed by atoms with E-state index in [2.05, 4.69) is 6.07 Å². The van der Waals surface area contributed by atoms with Gasteiger partial charge in [0, 0.05) is 13.6 Å². The topological polar surface area (TPSA) is 44.1 Å².